The zero-order valence-electron chi connectivity index (χ0n) is 15.0. The van der Waals surface area contributed by atoms with Gasteiger partial charge in [0.15, 0.2) is 0 Å². The number of ketones is 1. The van der Waals surface area contributed by atoms with Gasteiger partial charge in [-0.3, -0.25) is 4.79 Å². The highest BCUT2D eigenvalue weighted by Gasteiger charge is 2.73. The lowest BCUT2D eigenvalue weighted by atomic mass is 9.78. The van der Waals surface area contributed by atoms with Crippen molar-refractivity contribution >= 4 is 35.1 Å². The van der Waals surface area contributed by atoms with Crippen LogP contribution < -0.4 is 0 Å². The van der Waals surface area contributed by atoms with Crippen LogP contribution in [0.2, 0.25) is 10.0 Å². The van der Waals surface area contributed by atoms with Crippen LogP contribution in [0, 0.1) is 5.41 Å². The van der Waals surface area contributed by atoms with Gasteiger partial charge in [-0.2, -0.15) is 0 Å². The van der Waals surface area contributed by atoms with Gasteiger partial charge in [-0.15, -0.1) is 0 Å². The van der Waals surface area contributed by atoms with Crippen LogP contribution in [0.4, 0.5) is 4.79 Å². The molecule has 1 heterocycles. The van der Waals surface area contributed by atoms with Gasteiger partial charge in [-0.1, -0.05) is 29.3 Å². The molecule has 1 aromatic rings. The third kappa shape index (κ3) is 3.04. The quantitative estimate of drug-likeness (QED) is 0.732. The molecule has 6 heteroatoms. The van der Waals surface area contributed by atoms with Crippen molar-refractivity contribution in [2.75, 3.05) is 13.1 Å². The van der Waals surface area contributed by atoms with E-state index >= 15 is 0 Å². The van der Waals surface area contributed by atoms with E-state index in [1.165, 1.54) is 0 Å². The smallest absolute Gasteiger partial charge is 0.410 e. The lowest BCUT2D eigenvalue weighted by molar-refractivity contribution is -0.124. The van der Waals surface area contributed by atoms with E-state index < -0.39 is 11.0 Å². The van der Waals surface area contributed by atoms with Crippen LogP contribution in [-0.2, 0) is 14.9 Å². The van der Waals surface area contributed by atoms with Crippen molar-refractivity contribution in [1.29, 1.82) is 0 Å². The highest BCUT2D eigenvalue weighted by molar-refractivity contribution is 6.42. The Labute approximate surface area is 158 Å². The normalized spacial score (nSPS) is 28.3. The van der Waals surface area contributed by atoms with Crippen molar-refractivity contribution in [3.8, 4) is 0 Å². The van der Waals surface area contributed by atoms with Gasteiger partial charge in [0, 0.05) is 18.5 Å². The Kier molecular flexibility index (Phi) is 4.36. The van der Waals surface area contributed by atoms with E-state index in [1.807, 2.05) is 32.9 Å². The van der Waals surface area contributed by atoms with Gasteiger partial charge >= 0.3 is 6.09 Å². The molecule has 0 radical (unpaired) electrons. The number of likely N-dealkylation sites (tertiary alicyclic amines) is 1. The van der Waals surface area contributed by atoms with E-state index in [1.54, 1.807) is 17.9 Å². The third-order valence-electron chi connectivity index (χ3n) is 5.46. The number of hydrogen-bond acceptors (Lipinski definition) is 3. The lowest BCUT2D eigenvalue weighted by Gasteiger charge is -2.37. The van der Waals surface area contributed by atoms with Crippen LogP contribution in [0.5, 0.6) is 0 Å². The fourth-order valence-corrected chi connectivity index (χ4v) is 4.41. The number of ether oxygens (including phenoxy) is 1. The molecule has 0 N–H and O–H groups in total. The monoisotopic (exact) mass is 383 g/mol. The molecule has 1 saturated heterocycles. The Balaban J connectivity index is 1.88. The van der Waals surface area contributed by atoms with Gasteiger partial charge in [0.25, 0.3) is 0 Å². The van der Waals surface area contributed by atoms with Gasteiger partial charge in [0.1, 0.15) is 11.4 Å². The van der Waals surface area contributed by atoms with E-state index in [0.29, 0.717) is 29.6 Å². The molecule has 1 aromatic carbocycles. The molecule has 0 spiro atoms. The number of carbonyl (C=O) groups excluding carboxylic acids is 2. The van der Waals surface area contributed by atoms with Gasteiger partial charge in [-0.25, -0.2) is 4.79 Å². The minimum Gasteiger partial charge on any atom is -0.444 e. The number of nitrogens with zero attached hydrogens (tertiary/aromatic N) is 1. The SMILES string of the molecule is CC(=O)C12CN(C(=O)OC(C)(C)C)CCC1(c1ccc(Cl)c(Cl)c1)C2. The number of carbonyl (C=O) groups is 2. The molecule has 2 fully saturated rings. The van der Waals surface area contributed by atoms with E-state index in [9.17, 15) is 9.59 Å². The van der Waals surface area contributed by atoms with Crippen molar-refractivity contribution in [3.63, 3.8) is 0 Å². The summed E-state index contributed by atoms with van der Waals surface area (Å²) in [4.78, 5) is 26.6. The van der Waals surface area contributed by atoms with E-state index in [-0.39, 0.29) is 17.3 Å². The fraction of sp³-hybridized carbons (Fsp3) is 0.579. The van der Waals surface area contributed by atoms with Gasteiger partial charge in [0.05, 0.1) is 15.5 Å². The van der Waals surface area contributed by atoms with Crippen LogP contribution in [0.25, 0.3) is 0 Å². The standard InChI is InChI=1S/C19H23Cl2NO3/c1-12(23)19-10-18(19,13-5-6-14(20)15(21)9-13)7-8-22(11-19)16(24)25-17(2,3)4/h5-6,9H,7-8,10-11H2,1-4H3. The Morgan fingerprint density at radius 3 is 2.44 bits per heavy atom. The zero-order chi connectivity index (χ0) is 18.6. The molecule has 4 nitrogen and oxygen atoms in total. The van der Waals surface area contributed by atoms with Crippen molar-refractivity contribution in [3.05, 3.63) is 33.8 Å². The van der Waals surface area contributed by atoms with Gasteiger partial charge < -0.3 is 9.64 Å². The molecule has 1 aliphatic carbocycles. The maximum atomic E-state index is 12.5. The Hall–Kier alpha value is -1.26. The second-order valence-electron chi connectivity index (χ2n) is 8.18. The number of amides is 1. The zero-order valence-corrected chi connectivity index (χ0v) is 16.5. The minimum atomic E-state index is -0.556. The molecular weight excluding hydrogens is 361 g/mol. The summed E-state index contributed by atoms with van der Waals surface area (Å²) in [6.45, 7) is 8.08. The summed E-state index contributed by atoms with van der Waals surface area (Å²) >= 11 is 12.2. The van der Waals surface area contributed by atoms with E-state index in [0.717, 1.165) is 12.0 Å². The van der Waals surface area contributed by atoms with Crippen LogP contribution in [0.15, 0.2) is 18.2 Å². The molecule has 2 unspecified atom stereocenters. The number of fused-ring (bicyclic) bond motifs is 1. The van der Waals surface area contributed by atoms with Crippen LogP contribution in [0.3, 0.4) is 0 Å². The Morgan fingerprint density at radius 1 is 1.20 bits per heavy atom. The number of piperidine rings is 1. The second-order valence-corrected chi connectivity index (χ2v) is 8.99. The molecule has 1 saturated carbocycles. The maximum absolute atomic E-state index is 12.5. The number of hydrogen-bond donors (Lipinski definition) is 0. The number of Topliss-reactive ketones (excluding diaryl/α,β-unsaturated/α-hetero) is 1. The van der Waals surface area contributed by atoms with Crippen LogP contribution in [-0.4, -0.2) is 35.5 Å². The first-order valence-corrected chi connectivity index (χ1v) is 9.21. The Morgan fingerprint density at radius 2 is 1.88 bits per heavy atom. The van der Waals surface area contributed by atoms with Crippen LogP contribution >= 0.6 is 23.2 Å². The van der Waals surface area contributed by atoms with Gasteiger partial charge in [-0.05, 0) is 58.2 Å². The molecule has 1 amide bonds. The molecule has 2 aliphatic rings. The molecule has 0 aromatic heterocycles. The molecule has 25 heavy (non-hydrogen) atoms. The topological polar surface area (TPSA) is 46.6 Å². The van der Waals surface area contributed by atoms with Crippen LogP contribution in [0.1, 0.15) is 46.1 Å². The molecule has 1 aliphatic heterocycles. The summed E-state index contributed by atoms with van der Waals surface area (Å²) in [5, 5.41) is 0.995. The summed E-state index contributed by atoms with van der Waals surface area (Å²) in [7, 11) is 0. The lowest BCUT2D eigenvalue weighted by Crippen LogP contribution is -2.48. The largest absolute Gasteiger partial charge is 0.444 e. The third-order valence-corrected chi connectivity index (χ3v) is 6.20. The molecule has 136 valence electrons. The van der Waals surface area contributed by atoms with Gasteiger partial charge in [0.2, 0.25) is 0 Å². The molecule has 3 rings (SSSR count). The van der Waals surface area contributed by atoms with Crippen molar-refractivity contribution in [1.82, 2.24) is 4.90 Å². The second kappa shape index (κ2) is 5.88. The van der Waals surface area contributed by atoms with Crippen molar-refractivity contribution < 1.29 is 14.3 Å². The predicted molar refractivity (Wildman–Crippen MR) is 98.3 cm³/mol. The number of benzene rings is 1. The number of halogens is 2. The van der Waals surface area contributed by atoms with Crippen molar-refractivity contribution in [2.24, 2.45) is 5.41 Å². The summed E-state index contributed by atoms with van der Waals surface area (Å²) in [5.74, 6) is 0.104. The van der Waals surface area contributed by atoms with Crippen molar-refractivity contribution in [2.45, 2.75) is 51.6 Å². The molecule has 0 bridgehead atoms. The fourth-order valence-electron chi connectivity index (χ4n) is 4.11. The number of rotatable bonds is 2. The summed E-state index contributed by atoms with van der Waals surface area (Å²) in [6, 6.07) is 5.58. The highest BCUT2D eigenvalue weighted by atomic mass is 35.5. The van der Waals surface area contributed by atoms with E-state index in [4.69, 9.17) is 27.9 Å². The first kappa shape index (κ1) is 18.5. The Bertz CT molecular complexity index is 743. The first-order chi connectivity index (χ1) is 11.5. The first-order valence-electron chi connectivity index (χ1n) is 8.45. The highest BCUT2D eigenvalue weighted by Crippen LogP contribution is 2.69. The predicted octanol–water partition coefficient (Wildman–Crippen LogP) is 4.85. The summed E-state index contributed by atoms with van der Waals surface area (Å²) in [5.41, 5.74) is -0.339. The summed E-state index contributed by atoms with van der Waals surface area (Å²) < 4.78 is 5.48. The average molecular weight is 384 g/mol. The molecular formula is C19H23Cl2NO3. The average Bonchev–Trinajstić information content (AvgIpc) is 3.19. The minimum absolute atomic E-state index is 0.104. The maximum Gasteiger partial charge on any atom is 0.410 e. The van der Waals surface area contributed by atoms with E-state index in [2.05, 4.69) is 0 Å². The summed E-state index contributed by atoms with van der Waals surface area (Å²) in [6.07, 6.45) is 1.08. The molecule has 2 atom stereocenters.